The number of aromatic nitrogens is 1. The van der Waals surface area contributed by atoms with Crippen molar-refractivity contribution in [1.29, 1.82) is 0 Å². The molecular formula is C15H15N3O2S. The first-order chi connectivity index (χ1) is 10.1. The first kappa shape index (κ1) is 15.0. The van der Waals surface area contributed by atoms with Gasteiger partial charge in [0.15, 0.2) is 0 Å². The van der Waals surface area contributed by atoms with E-state index < -0.39 is 0 Å². The van der Waals surface area contributed by atoms with Crippen LogP contribution in [0.1, 0.15) is 20.8 Å². The summed E-state index contributed by atoms with van der Waals surface area (Å²) in [5.74, 6) is 5.53. The highest BCUT2D eigenvalue weighted by Crippen LogP contribution is 2.17. The van der Waals surface area contributed by atoms with Gasteiger partial charge in [-0.3, -0.25) is 9.78 Å². The van der Waals surface area contributed by atoms with Crippen LogP contribution in [0, 0.1) is 11.8 Å². The van der Waals surface area contributed by atoms with Crippen LogP contribution in [0.2, 0.25) is 0 Å². The molecule has 0 atom stereocenters. The number of hydrogen-bond donors (Lipinski definition) is 2. The molecule has 0 aliphatic rings. The van der Waals surface area contributed by atoms with Crippen molar-refractivity contribution in [2.45, 2.75) is 6.54 Å². The SMILES string of the molecule is CN(Cc1cc(C#CCN)cs1)C(=O)c1cncc(O)c1. The third-order valence-corrected chi connectivity index (χ3v) is 3.62. The van der Waals surface area contributed by atoms with E-state index in [0.717, 1.165) is 10.4 Å². The van der Waals surface area contributed by atoms with Crippen LogP contribution in [0.5, 0.6) is 5.75 Å². The third-order valence-electron chi connectivity index (χ3n) is 2.70. The Morgan fingerprint density at radius 3 is 3.00 bits per heavy atom. The highest BCUT2D eigenvalue weighted by molar-refractivity contribution is 7.10. The van der Waals surface area contributed by atoms with Crippen molar-refractivity contribution in [3.8, 4) is 17.6 Å². The lowest BCUT2D eigenvalue weighted by Crippen LogP contribution is -2.25. The molecule has 21 heavy (non-hydrogen) atoms. The first-order valence-corrected chi connectivity index (χ1v) is 7.14. The molecule has 0 aliphatic heterocycles. The maximum atomic E-state index is 12.2. The maximum Gasteiger partial charge on any atom is 0.255 e. The molecule has 2 rings (SSSR count). The zero-order valence-corrected chi connectivity index (χ0v) is 12.4. The van der Waals surface area contributed by atoms with Crippen LogP contribution in [0.15, 0.2) is 29.9 Å². The molecule has 0 spiro atoms. The molecule has 2 aromatic rings. The minimum atomic E-state index is -0.193. The Kier molecular flexibility index (Phi) is 4.93. The van der Waals surface area contributed by atoms with Crippen LogP contribution >= 0.6 is 11.3 Å². The second kappa shape index (κ2) is 6.88. The van der Waals surface area contributed by atoms with E-state index in [1.807, 2.05) is 11.4 Å². The molecule has 0 unspecified atom stereocenters. The van der Waals surface area contributed by atoms with Gasteiger partial charge in [0.1, 0.15) is 5.75 Å². The number of carbonyl (C=O) groups excluding carboxylic acids is 1. The number of carbonyl (C=O) groups is 1. The number of aromatic hydroxyl groups is 1. The maximum absolute atomic E-state index is 12.2. The van der Waals surface area contributed by atoms with Gasteiger partial charge in [-0.25, -0.2) is 0 Å². The van der Waals surface area contributed by atoms with Gasteiger partial charge < -0.3 is 15.7 Å². The van der Waals surface area contributed by atoms with E-state index in [0.29, 0.717) is 18.7 Å². The number of hydrogen-bond acceptors (Lipinski definition) is 5. The van der Waals surface area contributed by atoms with Gasteiger partial charge in [-0.1, -0.05) is 11.8 Å². The van der Waals surface area contributed by atoms with Crippen molar-refractivity contribution < 1.29 is 9.90 Å². The lowest BCUT2D eigenvalue weighted by atomic mass is 10.2. The van der Waals surface area contributed by atoms with Crippen LogP contribution in [0.4, 0.5) is 0 Å². The number of nitrogens with zero attached hydrogens (tertiary/aromatic N) is 2. The smallest absolute Gasteiger partial charge is 0.255 e. The minimum absolute atomic E-state index is 0.0234. The van der Waals surface area contributed by atoms with Crippen LogP contribution < -0.4 is 5.73 Å². The van der Waals surface area contributed by atoms with E-state index in [-0.39, 0.29) is 11.7 Å². The second-order valence-corrected chi connectivity index (χ2v) is 5.40. The first-order valence-electron chi connectivity index (χ1n) is 6.26. The van der Waals surface area contributed by atoms with E-state index in [1.54, 1.807) is 23.3 Å². The van der Waals surface area contributed by atoms with Gasteiger partial charge in [0.05, 0.1) is 24.8 Å². The van der Waals surface area contributed by atoms with Gasteiger partial charge in [-0.2, -0.15) is 0 Å². The Labute approximate surface area is 127 Å². The third kappa shape index (κ3) is 4.05. The molecule has 5 nitrogen and oxygen atoms in total. The Morgan fingerprint density at radius 2 is 2.29 bits per heavy atom. The second-order valence-electron chi connectivity index (χ2n) is 4.40. The van der Waals surface area contributed by atoms with E-state index in [2.05, 4.69) is 16.8 Å². The summed E-state index contributed by atoms with van der Waals surface area (Å²) in [5, 5.41) is 11.3. The predicted octanol–water partition coefficient (Wildman–Crippen LogP) is 1.43. The van der Waals surface area contributed by atoms with Crippen molar-refractivity contribution in [3.05, 3.63) is 45.9 Å². The van der Waals surface area contributed by atoms with E-state index in [9.17, 15) is 9.90 Å². The fraction of sp³-hybridized carbons (Fsp3) is 0.200. The molecule has 0 fully saturated rings. The van der Waals surface area contributed by atoms with Crippen LogP contribution in [-0.2, 0) is 6.54 Å². The van der Waals surface area contributed by atoms with Gasteiger partial charge in [0, 0.05) is 29.1 Å². The molecule has 0 radical (unpaired) electrons. The molecule has 2 heterocycles. The summed E-state index contributed by atoms with van der Waals surface area (Å²) < 4.78 is 0. The standard InChI is InChI=1S/C15H15N3O2S/c1-18(15(20)12-6-13(19)8-17-7-12)9-14-5-11(10-21-14)3-2-4-16/h5-8,10,19H,4,9,16H2,1H3. The monoisotopic (exact) mass is 301 g/mol. The number of pyridine rings is 1. The number of rotatable bonds is 3. The van der Waals surface area contributed by atoms with Crippen molar-refractivity contribution >= 4 is 17.2 Å². The molecule has 0 bridgehead atoms. The van der Waals surface area contributed by atoms with E-state index in [1.165, 1.54) is 18.5 Å². The highest BCUT2D eigenvalue weighted by Gasteiger charge is 2.13. The van der Waals surface area contributed by atoms with Crippen molar-refractivity contribution in [2.75, 3.05) is 13.6 Å². The van der Waals surface area contributed by atoms with Crippen molar-refractivity contribution in [3.63, 3.8) is 0 Å². The summed E-state index contributed by atoms with van der Waals surface area (Å²) in [4.78, 5) is 18.6. The summed E-state index contributed by atoms with van der Waals surface area (Å²) in [5.41, 5.74) is 6.59. The molecule has 108 valence electrons. The summed E-state index contributed by atoms with van der Waals surface area (Å²) in [7, 11) is 1.71. The van der Waals surface area contributed by atoms with E-state index in [4.69, 9.17) is 5.73 Å². The summed E-state index contributed by atoms with van der Waals surface area (Å²) in [6.07, 6.45) is 2.73. The lowest BCUT2D eigenvalue weighted by Gasteiger charge is -2.16. The molecule has 6 heteroatoms. The number of thiophene rings is 1. The fourth-order valence-corrected chi connectivity index (χ4v) is 2.62. The van der Waals surface area contributed by atoms with Gasteiger partial charge in [-0.15, -0.1) is 11.3 Å². The Morgan fingerprint density at radius 1 is 1.48 bits per heavy atom. The lowest BCUT2D eigenvalue weighted by molar-refractivity contribution is 0.0785. The Hall–Kier alpha value is -2.36. The largest absolute Gasteiger partial charge is 0.506 e. The van der Waals surface area contributed by atoms with Gasteiger partial charge in [-0.05, 0) is 12.1 Å². The topological polar surface area (TPSA) is 79.5 Å². The summed E-state index contributed by atoms with van der Waals surface area (Å²) >= 11 is 1.54. The fourth-order valence-electron chi connectivity index (χ4n) is 1.75. The average Bonchev–Trinajstić information content (AvgIpc) is 2.91. The van der Waals surface area contributed by atoms with E-state index >= 15 is 0 Å². The zero-order chi connectivity index (χ0) is 15.2. The van der Waals surface area contributed by atoms with Gasteiger partial charge in [0.2, 0.25) is 0 Å². The summed E-state index contributed by atoms with van der Waals surface area (Å²) in [6.45, 7) is 0.803. The zero-order valence-electron chi connectivity index (χ0n) is 11.5. The average molecular weight is 301 g/mol. The molecule has 2 aromatic heterocycles. The summed E-state index contributed by atoms with van der Waals surface area (Å²) in [6, 6.07) is 3.34. The molecule has 3 N–H and O–H groups in total. The molecule has 0 saturated carbocycles. The normalized spacial score (nSPS) is 9.81. The molecule has 0 saturated heterocycles. The quantitative estimate of drug-likeness (QED) is 0.841. The van der Waals surface area contributed by atoms with Crippen molar-refractivity contribution in [1.82, 2.24) is 9.88 Å². The molecule has 0 aliphatic carbocycles. The van der Waals surface area contributed by atoms with Crippen molar-refractivity contribution in [2.24, 2.45) is 5.73 Å². The van der Waals surface area contributed by atoms with Crippen LogP contribution in [0.25, 0.3) is 0 Å². The van der Waals surface area contributed by atoms with Gasteiger partial charge >= 0.3 is 0 Å². The Balaban J connectivity index is 2.05. The number of amides is 1. The predicted molar refractivity (Wildman–Crippen MR) is 82.0 cm³/mol. The van der Waals surface area contributed by atoms with Crippen LogP contribution in [-0.4, -0.2) is 34.5 Å². The Bertz CT molecular complexity index is 700. The minimum Gasteiger partial charge on any atom is -0.506 e. The van der Waals surface area contributed by atoms with Gasteiger partial charge in [0.25, 0.3) is 5.91 Å². The molecule has 0 aromatic carbocycles. The molecule has 1 amide bonds. The number of nitrogens with two attached hydrogens (primary N) is 1. The molecular weight excluding hydrogens is 286 g/mol. The van der Waals surface area contributed by atoms with Crippen LogP contribution in [0.3, 0.4) is 0 Å². The highest BCUT2D eigenvalue weighted by atomic mass is 32.1.